The second-order valence-electron chi connectivity index (χ2n) is 18.4. The number of aliphatic imine (C=N–C) groups is 1. The summed E-state index contributed by atoms with van der Waals surface area (Å²) in [6, 6.07) is -11.8. The first-order valence-corrected chi connectivity index (χ1v) is 25.5. The van der Waals surface area contributed by atoms with Gasteiger partial charge in [-0.25, -0.2) is 4.79 Å². The molecule has 1 saturated heterocycles. The molecule has 0 aliphatic carbocycles. The number of likely N-dealkylation sites (tertiary alicyclic amines) is 1. The van der Waals surface area contributed by atoms with Crippen molar-refractivity contribution in [1.29, 1.82) is 0 Å². The summed E-state index contributed by atoms with van der Waals surface area (Å²) in [5.41, 5.74) is 22.7. The quantitative estimate of drug-likeness (QED) is 0.0191. The maximum Gasteiger partial charge on any atom is 0.327 e. The van der Waals surface area contributed by atoms with Gasteiger partial charge >= 0.3 is 5.97 Å². The maximum absolute atomic E-state index is 14.0. The van der Waals surface area contributed by atoms with Crippen molar-refractivity contribution in [1.82, 2.24) is 42.1 Å². The van der Waals surface area contributed by atoms with Gasteiger partial charge in [0.2, 0.25) is 47.3 Å². The molecule has 0 spiro atoms. The summed E-state index contributed by atoms with van der Waals surface area (Å²) in [4.78, 5) is 126. The topological polar surface area (TPSA) is 398 Å². The van der Waals surface area contributed by atoms with Gasteiger partial charge in [0, 0.05) is 19.6 Å². The standard InChI is InChI=1S/C43H78FN13O11S2/c1-20(2)18-27(36(61)54-28(19-45)37(62)56-32(42(67)68)33(70-44)22(5)6)53-40(65)31(24(8)58)55-35(60)25(12-10-15-49-43(47)48)51-38(63)29-13-11-16-57(29)41(66)23(7)50-34(59)26(14-17-69-9)52-39(64)30(46)21(3)4/h20-33,58H,10-19,45-46H2,1-9H3,(H,50,59)(H,51,63)(H,52,64)(H,53,65)(H,54,61)(H,55,60)(H,56,62)(H,67,68)(H4,47,48,49)/t23-,24+,25-,26-,27-,28-,29-,30-,31-,32-,33?/m0/s1. The van der Waals surface area contributed by atoms with Crippen molar-refractivity contribution in [2.75, 3.05) is 31.6 Å². The number of amides is 8. The normalized spacial score (nSPS) is 17.9. The molecule has 24 nitrogen and oxygen atoms in total. The Bertz CT molecular complexity index is 1810. The Morgan fingerprint density at radius 1 is 0.729 bits per heavy atom. The van der Waals surface area contributed by atoms with Crippen molar-refractivity contribution in [3.8, 4) is 0 Å². The minimum atomic E-state index is -1.72. The average Bonchev–Trinajstić information content (AvgIpc) is 3.78. The molecule has 1 unspecified atom stereocenters. The van der Waals surface area contributed by atoms with Crippen molar-refractivity contribution in [2.45, 2.75) is 160 Å². The largest absolute Gasteiger partial charge is 0.480 e. The Labute approximate surface area is 418 Å². The number of rotatable bonds is 31. The molecule has 70 heavy (non-hydrogen) atoms. The number of aliphatic hydroxyl groups is 1. The number of carboxylic acids is 1. The van der Waals surface area contributed by atoms with Gasteiger partial charge in [0.15, 0.2) is 5.96 Å². The van der Waals surface area contributed by atoms with Gasteiger partial charge in [0.25, 0.3) is 0 Å². The van der Waals surface area contributed by atoms with Crippen molar-refractivity contribution in [3.63, 3.8) is 0 Å². The van der Waals surface area contributed by atoms with Crippen molar-refractivity contribution >= 4 is 83.1 Å². The zero-order valence-corrected chi connectivity index (χ0v) is 43.3. The van der Waals surface area contributed by atoms with Crippen LogP contribution in [0.3, 0.4) is 0 Å². The van der Waals surface area contributed by atoms with E-state index in [1.165, 1.54) is 30.5 Å². The first-order chi connectivity index (χ1) is 32.7. The second kappa shape index (κ2) is 31.4. The number of aliphatic carboxylic acids is 1. The molecular weight excluding hydrogens is 958 g/mol. The third kappa shape index (κ3) is 20.8. The fourth-order valence-corrected chi connectivity index (χ4v) is 8.21. The molecule has 8 amide bonds. The zero-order valence-electron chi connectivity index (χ0n) is 41.6. The van der Waals surface area contributed by atoms with E-state index in [0.717, 1.165) is 0 Å². The smallest absolute Gasteiger partial charge is 0.327 e. The SMILES string of the molecule is CSCC[C@H](NC(=O)[C@@H](N)C(C)C)C(=O)N[C@@H](C)C(=O)N1CCC[C@H]1C(=O)N[C@@H](CCCN=C(N)N)C(=O)N[C@H](C(=O)N[C@@H](CC(C)C)C(=O)N[C@@H](CN)C(=O)N[C@H](C(=O)O)C(SF)C(C)C)[C@@H](C)O. The number of nitrogens with two attached hydrogens (primary N) is 4. The molecule has 1 heterocycles. The Morgan fingerprint density at radius 3 is 1.79 bits per heavy atom. The molecule has 0 aromatic carbocycles. The summed E-state index contributed by atoms with van der Waals surface area (Å²) in [6.07, 6.45) is 1.13. The van der Waals surface area contributed by atoms with Crippen LogP contribution in [0.2, 0.25) is 0 Å². The van der Waals surface area contributed by atoms with E-state index in [1.807, 2.05) is 6.26 Å². The van der Waals surface area contributed by atoms with Crippen LogP contribution in [0.4, 0.5) is 3.89 Å². The van der Waals surface area contributed by atoms with E-state index in [4.69, 9.17) is 22.9 Å². The lowest BCUT2D eigenvalue weighted by atomic mass is 10.0. The lowest BCUT2D eigenvalue weighted by molar-refractivity contribution is -0.142. The number of hydrogen-bond acceptors (Lipinski definition) is 15. The van der Waals surface area contributed by atoms with Crippen LogP contribution in [-0.2, 0) is 43.2 Å². The van der Waals surface area contributed by atoms with Gasteiger partial charge in [-0.05, 0) is 82.1 Å². The number of carbonyl (C=O) groups excluding carboxylic acids is 8. The van der Waals surface area contributed by atoms with Crippen LogP contribution in [0.25, 0.3) is 0 Å². The van der Waals surface area contributed by atoms with Crippen molar-refractivity contribution in [3.05, 3.63) is 0 Å². The summed E-state index contributed by atoms with van der Waals surface area (Å²) in [7, 11) is 0. The lowest BCUT2D eigenvalue weighted by Crippen LogP contribution is -2.62. The fraction of sp³-hybridized carbons (Fsp3) is 0.767. The van der Waals surface area contributed by atoms with Gasteiger partial charge < -0.3 is 75.3 Å². The third-order valence-electron chi connectivity index (χ3n) is 11.3. The number of halogens is 1. The number of nitrogens with one attached hydrogen (secondary N) is 7. The molecule has 1 fully saturated rings. The maximum atomic E-state index is 14.0. The van der Waals surface area contributed by atoms with Gasteiger partial charge in [0.05, 0.1) is 29.5 Å². The number of carbonyl (C=O) groups is 9. The minimum absolute atomic E-state index is 0.0207. The minimum Gasteiger partial charge on any atom is -0.480 e. The van der Waals surface area contributed by atoms with E-state index in [2.05, 4.69) is 42.2 Å². The van der Waals surface area contributed by atoms with Crippen LogP contribution < -0.4 is 60.2 Å². The predicted octanol–water partition coefficient (Wildman–Crippen LogP) is -2.71. The molecular formula is C43H78FN13O11S2. The summed E-state index contributed by atoms with van der Waals surface area (Å²) < 4.78 is 13.7. The summed E-state index contributed by atoms with van der Waals surface area (Å²) >= 11 is 1.21. The Hall–Kier alpha value is -4.99. The molecule has 11 atom stereocenters. The summed E-state index contributed by atoms with van der Waals surface area (Å²) in [6.45, 7) is 12.4. The van der Waals surface area contributed by atoms with Gasteiger partial charge in [-0.15, -0.1) is 0 Å². The van der Waals surface area contributed by atoms with Crippen LogP contribution in [-0.4, -0.2) is 172 Å². The van der Waals surface area contributed by atoms with E-state index in [0.29, 0.717) is 12.2 Å². The number of aliphatic hydroxyl groups excluding tert-OH is 1. The molecule has 0 aromatic heterocycles. The zero-order chi connectivity index (χ0) is 53.6. The second-order valence-corrected chi connectivity index (χ2v) is 20.1. The number of hydrogen-bond donors (Lipinski definition) is 13. The highest BCUT2D eigenvalue weighted by atomic mass is 32.2. The highest BCUT2D eigenvalue weighted by Crippen LogP contribution is 2.24. The molecule has 1 aliphatic heterocycles. The average molecular weight is 1040 g/mol. The van der Waals surface area contributed by atoms with Crippen LogP contribution in [0.1, 0.15) is 93.9 Å². The molecule has 1 aliphatic rings. The van der Waals surface area contributed by atoms with Gasteiger partial charge in [-0.2, -0.15) is 15.6 Å². The van der Waals surface area contributed by atoms with Crippen molar-refractivity contribution in [2.24, 2.45) is 45.7 Å². The Kier molecular flexibility index (Phi) is 28.2. The molecule has 1 rings (SSSR count). The molecule has 27 heteroatoms. The van der Waals surface area contributed by atoms with E-state index in [1.54, 1.807) is 41.5 Å². The molecule has 0 radical (unpaired) electrons. The predicted molar refractivity (Wildman–Crippen MR) is 265 cm³/mol. The highest BCUT2D eigenvalue weighted by Gasteiger charge is 2.40. The van der Waals surface area contributed by atoms with Crippen molar-refractivity contribution < 1.29 is 57.2 Å². The molecule has 17 N–H and O–H groups in total. The molecule has 400 valence electrons. The van der Waals surface area contributed by atoms with Crippen LogP contribution in [0, 0.1) is 17.8 Å². The number of guanidine groups is 1. The Balaban J connectivity index is 3.32. The number of nitrogens with zero attached hydrogens (tertiary/aromatic N) is 2. The first kappa shape index (κ1) is 63.0. The van der Waals surface area contributed by atoms with E-state index >= 15 is 0 Å². The summed E-state index contributed by atoms with van der Waals surface area (Å²) in [5.74, 6) is -8.56. The van der Waals surface area contributed by atoms with E-state index < -0.39 is 131 Å². The van der Waals surface area contributed by atoms with Gasteiger partial charge in [0.1, 0.15) is 48.3 Å². The highest BCUT2D eigenvalue weighted by molar-refractivity contribution is 7.98. The first-order valence-electron chi connectivity index (χ1n) is 23.3. The summed E-state index contributed by atoms with van der Waals surface area (Å²) in [5, 5.41) is 36.8. The monoisotopic (exact) mass is 1040 g/mol. The van der Waals surface area contributed by atoms with Crippen LogP contribution in [0.15, 0.2) is 4.99 Å². The lowest BCUT2D eigenvalue weighted by Gasteiger charge is -2.30. The van der Waals surface area contributed by atoms with Crippen LogP contribution >= 0.6 is 23.9 Å². The van der Waals surface area contributed by atoms with Gasteiger partial charge in [-0.1, -0.05) is 41.5 Å². The fourth-order valence-electron chi connectivity index (χ4n) is 7.25. The van der Waals surface area contributed by atoms with E-state index in [-0.39, 0.29) is 75.1 Å². The number of thioether (sulfide) groups is 1. The number of carboxylic acid groups (broad SMARTS) is 1. The van der Waals surface area contributed by atoms with Crippen LogP contribution in [0.5, 0.6) is 0 Å². The van der Waals surface area contributed by atoms with E-state index in [9.17, 15) is 57.2 Å². The Morgan fingerprint density at radius 2 is 1.27 bits per heavy atom. The molecule has 0 bridgehead atoms. The van der Waals surface area contributed by atoms with Gasteiger partial charge in [-0.3, -0.25) is 43.3 Å². The molecule has 0 aromatic rings. The third-order valence-corrected chi connectivity index (χ3v) is 13.0. The molecule has 0 saturated carbocycles.